The highest BCUT2D eigenvalue weighted by atomic mass is 35.5. The first-order valence-electron chi connectivity index (χ1n) is 13.7. The fraction of sp³-hybridized carbons (Fsp3) is 0.258. The summed E-state index contributed by atoms with van der Waals surface area (Å²) in [5.41, 5.74) is 3.51. The predicted molar refractivity (Wildman–Crippen MR) is 163 cm³/mol. The summed E-state index contributed by atoms with van der Waals surface area (Å²) in [5.74, 6) is -4.78. The maximum absolute atomic E-state index is 12.5. The number of alkyl halides is 3. The molecule has 0 aliphatic carbocycles. The largest absolute Gasteiger partial charge is 0.490 e. The van der Waals surface area contributed by atoms with Gasteiger partial charge in [0.05, 0.1) is 25.0 Å². The SMILES string of the molecule is CC(NC(=O)NCCC(=O)NCC(=O)NC(CC(=O)O)c1ccc(-c2ccccc2)cc1)c1ccc(Cl)cc1.O=C(O)C(F)(F)F. The van der Waals surface area contributed by atoms with Crippen LogP contribution < -0.4 is 21.3 Å². The molecule has 0 bridgehead atoms. The molecule has 2 unspecified atom stereocenters. The molecule has 0 radical (unpaired) electrons. The Bertz CT molecular complexity index is 1470. The van der Waals surface area contributed by atoms with Gasteiger partial charge in [0.2, 0.25) is 11.8 Å². The number of carboxylic acid groups (broad SMARTS) is 2. The van der Waals surface area contributed by atoms with E-state index >= 15 is 0 Å². The second kappa shape index (κ2) is 18.0. The van der Waals surface area contributed by atoms with Crippen LogP contribution in [-0.4, -0.2) is 59.3 Å². The lowest BCUT2D eigenvalue weighted by molar-refractivity contribution is -0.192. The van der Waals surface area contributed by atoms with E-state index in [1.54, 1.807) is 24.3 Å². The molecule has 0 aliphatic rings. The van der Waals surface area contributed by atoms with E-state index in [-0.39, 0.29) is 32.0 Å². The molecular formula is C31H32ClF3N4O7. The van der Waals surface area contributed by atoms with Crippen molar-refractivity contribution in [1.82, 2.24) is 21.3 Å². The predicted octanol–water partition coefficient (Wildman–Crippen LogP) is 4.84. The molecule has 3 aromatic carbocycles. The molecule has 0 saturated carbocycles. The van der Waals surface area contributed by atoms with Crippen molar-refractivity contribution in [3.05, 3.63) is 95.0 Å². The highest BCUT2D eigenvalue weighted by Gasteiger charge is 2.38. The Morgan fingerprint density at radius 3 is 1.85 bits per heavy atom. The average molecular weight is 665 g/mol. The Hall–Kier alpha value is -5.11. The molecule has 3 rings (SSSR count). The molecule has 3 aromatic rings. The van der Waals surface area contributed by atoms with E-state index in [2.05, 4.69) is 21.3 Å². The number of halogens is 4. The topological polar surface area (TPSA) is 174 Å². The highest BCUT2D eigenvalue weighted by molar-refractivity contribution is 6.30. The lowest BCUT2D eigenvalue weighted by atomic mass is 9.99. The van der Waals surface area contributed by atoms with Crippen LogP contribution in [0.2, 0.25) is 5.02 Å². The zero-order chi connectivity index (χ0) is 34.3. The number of aliphatic carboxylic acids is 2. The molecule has 0 spiro atoms. The van der Waals surface area contributed by atoms with Crippen molar-refractivity contribution in [2.24, 2.45) is 0 Å². The monoisotopic (exact) mass is 664 g/mol. The van der Waals surface area contributed by atoms with Crippen LogP contribution in [0.3, 0.4) is 0 Å². The third-order valence-corrected chi connectivity index (χ3v) is 6.43. The Morgan fingerprint density at radius 1 is 0.761 bits per heavy atom. The second-order valence-corrected chi connectivity index (χ2v) is 10.1. The summed E-state index contributed by atoms with van der Waals surface area (Å²) in [4.78, 5) is 57.0. The van der Waals surface area contributed by atoms with Gasteiger partial charge in [-0.2, -0.15) is 13.2 Å². The van der Waals surface area contributed by atoms with Crippen LogP contribution in [0.5, 0.6) is 0 Å². The van der Waals surface area contributed by atoms with Gasteiger partial charge in [0, 0.05) is 18.0 Å². The first-order valence-corrected chi connectivity index (χ1v) is 14.1. The molecule has 0 heterocycles. The number of nitrogens with one attached hydrogen (secondary N) is 4. The van der Waals surface area contributed by atoms with Gasteiger partial charge in [-0.15, -0.1) is 0 Å². The molecule has 11 nitrogen and oxygen atoms in total. The van der Waals surface area contributed by atoms with Crippen LogP contribution in [0.1, 0.15) is 43.0 Å². The summed E-state index contributed by atoms with van der Waals surface area (Å²) in [6.45, 7) is 1.57. The van der Waals surface area contributed by atoms with Gasteiger partial charge in [-0.25, -0.2) is 9.59 Å². The standard InChI is InChI=1S/C29H31ClN4O5.C2HF3O2/c1-19(20-11-13-24(30)14-12-20)33-29(39)31-16-15-26(35)32-18-27(36)34-25(17-28(37)38)23-9-7-22(8-10-23)21-5-3-2-4-6-21;3-2(4,5)1(6)7/h2-14,19,25H,15-18H2,1H3,(H,32,35)(H,34,36)(H,37,38)(H2,31,33,39);(H,6,7). The molecule has 246 valence electrons. The summed E-state index contributed by atoms with van der Waals surface area (Å²) in [5, 5.41) is 27.6. The van der Waals surface area contributed by atoms with E-state index in [0.717, 1.165) is 16.7 Å². The molecule has 6 N–H and O–H groups in total. The zero-order valence-electron chi connectivity index (χ0n) is 24.4. The number of hydrogen-bond donors (Lipinski definition) is 6. The van der Waals surface area contributed by atoms with Crippen molar-refractivity contribution >= 4 is 41.4 Å². The Morgan fingerprint density at radius 2 is 1.30 bits per heavy atom. The van der Waals surface area contributed by atoms with Crippen LogP contribution in [0.4, 0.5) is 18.0 Å². The molecule has 2 atom stereocenters. The third-order valence-electron chi connectivity index (χ3n) is 6.18. The van der Waals surface area contributed by atoms with Crippen molar-refractivity contribution < 1.29 is 47.4 Å². The summed E-state index contributed by atoms with van der Waals surface area (Å²) < 4.78 is 31.7. The Kier molecular flexibility index (Phi) is 14.5. The first-order chi connectivity index (χ1) is 21.6. The van der Waals surface area contributed by atoms with E-state index in [1.807, 2.05) is 61.5 Å². The number of carbonyl (C=O) groups is 5. The maximum Gasteiger partial charge on any atom is 0.490 e. The summed E-state index contributed by atoms with van der Waals surface area (Å²) in [6, 6.07) is 22.7. The van der Waals surface area contributed by atoms with Crippen molar-refractivity contribution in [2.75, 3.05) is 13.1 Å². The number of benzene rings is 3. The maximum atomic E-state index is 12.5. The fourth-order valence-corrected chi connectivity index (χ4v) is 3.98. The van der Waals surface area contributed by atoms with Gasteiger partial charge >= 0.3 is 24.1 Å². The smallest absolute Gasteiger partial charge is 0.481 e. The number of carboxylic acids is 2. The van der Waals surface area contributed by atoms with Crippen LogP contribution in [0, 0.1) is 0 Å². The second-order valence-electron chi connectivity index (χ2n) is 9.71. The van der Waals surface area contributed by atoms with E-state index in [9.17, 15) is 37.5 Å². The molecule has 4 amide bonds. The van der Waals surface area contributed by atoms with Crippen molar-refractivity contribution in [3.8, 4) is 11.1 Å². The average Bonchev–Trinajstić information content (AvgIpc) is 3.00. The summed E-state index contributed by atoms with van der Waals surface area (Å²) >= 11 is 5.88. The zero-order valence-corrected chi connectivity index (χ0v) is 25.2. The lowest BCUT2D eigenvalue weighted by Gasteiger charge is -2.18. The molecule has 0 saturated heterocycles. The Balaban J connectivity index is 0.000000942. The highest BCUT2D eigenvalue weighted by Crippen LogP contribution is 2.23. The summed E-state index contributed by atoms with van der Waals surface area (Å²) in [7, 11) is 0. The number of rotatable bonds is 12. The molecule has 46 heavy (non-hydrogen) atoms. The molecule has 0 aromatic heterocycles. The van der Waals surface area contributed by atoms with Gasteiger partial charge in [0.25, 0.3) is 0 Å². The lowest BCUT2D eigenvalue weighted by Crippen LogP contribution is -2.41. The van der Waals surface area contributed by atoms with Crippen LogP contribution in [0.15, 0.2) is 78.9 Å². The van der Waals surface area contributed by atoms with Gasteiger partial charge in [0.15, 0.2) is 0 Å². The van der Waals surface area contributed by atoms with Crippen molar-refractivity contribution in [1.29, 1.82) is 0 Å². The molecule has 0 aliphatic heterocycles. The van der Waals surface area contributed by atoms with Gasteiger partial charge in [-0.3, -0.25) is 14.4 Å². The van der Waals surface area contributed by atoms with E-state index < -0.39 is 42.0 Å². The van der Waals surface area contributed by atoms with Gasteiger partial charge in [-0.1, -0.05) is 78.3 Å². The molecular weight excluding hydrogens is 633 g/mol. The van der Waals surface area contributed by atoms with E-state index in [4.69, 9.17) is 21.5 Å². The quantitative estimate of drug-likeness (QED) is 0.161. The number of carbonyl (C=O) groups excluding carboxylic acids is 3. The molecule has 0 fully saturated rings. The first kappa shape index (κ1) is 37.1. The van der Waals surface area contributed by atoms with Gasteiger partial charge in [0.1, 0.15) is 0 Å². The number of amides is 4. The van der Waals surface area contributed by atoms with Crippen molar-refractivity contribution in [2.45, 2.75) is 38.0 Å². The van der Waals surface area contributed by atoms with Crippen LogP contribution >= 0.6 is 11.6 Å². The number of urea groups is 1. The summed E-state index contributed by atoms with van der Waals surface area (Å²) in [6.07, 6.45) is -5.42. The van der Waals surface area contributed by atoms with Crippen LogP contribution in [-0.2, 0) is 19.2 Å². The Labute approximate surface area is 267 Å². The normalized spacial score (nSPS) is 11.9. The third kappa shape index (κ3) is 13.7. The van der Waals surface area contributed by atoms with Crippen molar-refractivity contribution in [3.63, 3.8) is 0 Å². The van der Waals surface area contributed by atoms with E-state index in [1.165, 1.54) is 0 Å². The minimum Gasteiger partial charge on any atom is -0.481 e. The minimum absolute atomic E-state index is 0.0322. The van der Waals surface area contributed by atoms with Gasteiger partial charge in [-0.05, 0) is 41.3 Å². The van der Waals surface area contributed by atoms with E-state index in [0.29, 0.717) is 10.6 Å². The van der Waals surface area contributed by atoms with Gasteiger partial charge < -0.3 is 31.5 Å². The number of hydrogen-bond acceptors (Lipinski definition) is 5. The minimum atomic E-state index is -5.08. The molecule has 15 heteroatoms. The fourth-order valence-electron chi connectivity index (χ4n) is 3.85. The van der Waals surface area contributed by atoms with Crippen LogP contribution in [0.25, 0.3) is 11.1 Å².